The lowest BCUT2D eigenvalue weighted by Gasteiger charge is -2.30. The van der Waals surface area contributed by atoms with E-state index in [2.05, 4.69) is 0 Å². The largest absolute Gasteiger partial charge is 0.368 e. The number of hydrogen-bond donors (Lipinski definition) is 3. The van der Waals surface area contributed by atoms with Crippen LogP contribution in [0.4, 0.5) is 0 Å². The topological polar surface area (TPSA) is 133 Å². The smallest absolute Gasteiger partial charge is 0.240 e. The fourth-order valence-corrected chi connectivity index (χ4v) is 1.16. The van der Waals surface area contributed by atoms with E-state index in [9.17, 15) is 14.4 Å². The van der Waals surface area contributed by atoms with E-state index in [4.69, 9.17) is 17.2 Å². The van der Waals surface area contributed by atoms with Gasteiger partial charge in [-0.25, -0.2) is 0 Å². The van der Waals surface area contributed by atoms with Crippen molar-refractivity contribution in [3.05, 3.63) is 0 Å². The maximum Gasteiger partial charge on any atom is 0.240 e. The first-order valence-corrected chi connectivity index (χ1v) is 5.16. The minimum Gasteiger partial charge on any atom is -0.368 e. The zero-order chi connectivity index (χ0) is 13.8. The summed E-state index contributed by atoms with van der Waals surface area (Å²) >= 11 is 0. The lowest BCUT2D eigenvalue weighted by Crippen LogP contribution is -2.54. The monoisotopic (exact) mass is 244 g/mol. The number of carbonyl (C=O) groups is 3. The standard InChI is InChI=1S/C10H20N4O3/c1-10(2,3)8(13)9(17)14(4-6(11)15)5-7(12)16/h8H,4-5,13H2,1-3H3,(H2,11,15)(H2,12,16). The maximum atomic E-state index is 11.9. The summed E-state index contributed by atoms with van der Waals surface area (Å²) in [7, 11) is 0. The summed E-state index contributed by atoms with van der Waals surface area (Å²) in [6.45, 7) is 4.60. The van der Waals surface area contributed by atoms with Crippen LogP contribution in [0.15, 0.2) is 0 Å². The van der Waals surface area contributed by atoms with E-state index in [1.807, 2.05) is 0 Å². The van der Waals surface area contributed by atoms with Gasteiger partial charge in [-0.2, -0.15) is 0 Å². The van der Waals surface area contributed by atoms with Gasteiger partial charge in [0.1, 0.15) is 0 Å². The zero-order valence-corrected chi connectivity index (χ0v) is 10.4. The van der Waals surface area contributed by atoms with E-state index in [0.29, 0.717) is 0 Å². The Morgan fingerprint density at radius 3 is 1.65 bits per heavy atom. The summed E-state index contributed by atoms with van der Waals surface area (Å²) in [6, 6.07) is -0.832. The number of primary amides is 2. The Morgan fingerprint density at radius 1 is 1.06 bits per heavy atom. The molecule has 0 aliphatic rings. The van der Waals surface area contributed by atoms with Gasteiger partial charge in [-0.05, 0) is 5.41 Å². The lowest BCUT2D eigenvalue weighted by atomic mass is 9.86. The maximum absolute atomic E-state index is 11.9. The second kappa shape index (κ2) is 5.62. The Labute approximate surface area is 100 Å². The Morgan fingerprint density at radius 2 is 1.41 bits per heavy atom. The molecule has 0 aromatic carbocycles. The summed E-state index contributed by atoms with van der Waals surface area (Å²) in [5.74, 6) is -1.96. The Hall–Kier alpha value is -1.63. The third kappa shape index (κ3) is 5.30. The van der Waals surface area contributed by atoms with E-state index in [1.54, 1.807) is 20.8 Å². The number of nitrogens with zero attached hydrogens (tertiary/aromatic N) is 1. The molecule has 7 heteroatoms. The molecule has 6 N–H and O–H groups in total. The fourth-order valence-electron chi connectivity index (χ4n) is 1.16. The molecule has 0 saturated heterocycles. The second-order valence-electron chi connectivity index (χ2n) is 4.97. The minimum atomic E-state index is -0.832. The van der Waals surface area contributed by atoms with Crippen LogP contribution >= 0.6 is 0 Å². The van der Waals surface area contributed by atoms with Crippen molar-refractivity contribution in [3.63, 3.8) is 0 Å². The molecule has 1 unspecified atom stereocenters. The number of hydrogen-bond acceptors (Lipinski definition) is 4. The third-order valence-electron chi connectivity index (χ3n) is 2.20. The van der Waals surface area contributed by atoms with Crippen molar-refractivity contribution in [1.29, 1.82) is 0 Å². The molecule has 0 saturated carbocycles. The molecule has 0 aliphatic carbocycles. The van der Waals surface area contributed by atoms with Crippen LogP contribution in [0.1, 0.15) is 20.8 Å². The van der Waals surface area contributed by atoms with Crippen LogP contribution in [-0.4, -0.2) is 41.8 Å². The van der Waals surface area contributed by atoms with E-state index in [0.717, 1.165) is 4.90 Å². The van der Waals surface area contributed by atoms with Gasteiger partial charge in [0, 0.05) is 0 Å². The molecule has 0 aliphatic heterocycles. The fraction of sp³-hybridized carbons (Fsp3) is 0.700. The van der Waals surface area contributed by atoms with Gasteiger partial charge in [-0.3, -0.25) is 14.4 Å². The van der Waals surface area contributed by atoms with Gasteiger partial charge in [0.15, 0.2) is 0 Å². The van der Waals surface area contributed by atoms with Crippen molar-refractivity contribution in [2.75, 3.05) is 13.1 Å². The summed E-state index contributed by atoms with van der Waals surface area (Å²) in [6.07, 6.45) is 0. The normalized spacial score (nSPS) is 12.9. The highest BCUT2D eigenvalue weighted by molar-refractivity contribution is 5.90. The average Bonchev–Trinajstić information content (AvgIpc) is 2.11. The van der Waals surface area contributed by atoms with Crippen molar-refractivity contribution in [1.82, 2.24) is 4.90 Å². The van der Waals surface area contributed by atoms with Crippen LogP contribution in [0.25, 0.3) is 0 Å². The molecule has 0 fully saturated rings. The second-order valence-corrected chi connectivity index (χ2v) is 4.97. The van der Waals surface area contributed by atoms with Gasteiger partial charge in [0.05, 0.1) is 19.1 Å². The molecule has 0 aromatic rings. The molecule has 17 heavy (non-hydrogen) atoms. The van der Waals surface area contributed by atoms with E-state index >= 15 is 0 Å². The Bertz CT molecular complexity index is 306. The predicted molar refractivity (Wildman–Crippen MR) is 62.4 cm³/mol. The van der Waals surface area contributed by atoms with Gasteiger partial charge in [-0.1, -0.05) is 20.8 Å². The minimum absolute atomic E-state index is 0.369. The van der Waals surface area contributed by atoms with Crippen LogP contribution in [-0.2, 0) is 14.4 Å². The molecule has 0 spiro atoms. The van der Waals surface area contributed by atoms with Crippen molar-refractivity contribution in [2.45, 2.75) is 26.8 Å². The molecule has 0 aromatic heterocycles. The van der Waals surface area contributed by atoms with Gasteiger partial charge in [0.2, 0.25) is 17.7 Å². The summed E-state index contributed by atoms with van der Waals surface area (Å²) in [4.78, 5) is 34.5. The van der Waals surface area contributed by atoms with Crippen molar-refractivity contribution >= 4 is 17.7 Å². The number of carbonyl (C=O) groups excluding carboxylic acids is 3. The highest BCUT2D eigenvalue weighted by atomic mass is 16.2. The molecule has 1 atom stereocenters. The van der Waals surface area contributed by atoms with E-state index in [1.165, 1.54) is 0 Å². The zero-order valence-electron chi connectivity index (χ0n) is 10.4. The van der Waals surface area contributed by atoms with Gasteiger partial charge in [-0.15, -0.1) is 0 Å². The highest BCUT2D eigenvalue weighted by Crippen LogP contribution is 2.18. The molecule has 0 radical (unpaired) electrons. The Balaban J connectivity index is 4.86. The predicted octanol–water partition coefficient (Wildman–Crippen LogP) is -1.84. The van der Waals surface area contributed by atoms with E-state index < -0.39 is 29.2 Å². The molecule has 0 rings (SSSR count). The summed E-state index contributed by atoms with van der Waals surface area (Å²) in [5.41, 5.74) is 15.3. The van der Waals surface area contributed by atoms with Crippen LogP contribution in [0.2, 0.25) is 0 Å². The summed E-state index contributed by atoms with van der Waals surface area (Å²) in [5, 5.41) is 0. The molecule has 7 nitrogen and oxygen atoms in total. The van der Waals surface area contributed by atoms with Crippen LogP contribution in [0.5, 0.6) is 0 Å². The average molecular weight is 244 g/mol. The number of rotatable bonds is 5. The number of nitrogens with two attached hydrogens (primary N) is 3. The summed E-state index contributed by atoms with van der Waals surface area (Å²) < 4.78 is 0. The van der Waals surface area contributed by atoms with Gasteiger partial charge >= 0.3 is 0 Å². The van der Waals surface area contributed by atoms with Gasteiger partial charge < -0.3 is 22.1 Å². The van der Waals surface area contributed by atoms with Crippen LogP contribution in [0, 0.1) is 5.41 Å². The first-order valence-electron chi connectivity index (χ1n) is 5.16. The Kier molecular flexibility index (Phi) is 5.09. The van der Waals surface area contributed by atoms with Crippen molar-refractivity contribution in [3.8, 4) is 0 Å². The molecule has 98 valence electrons. The molecular weight excluding hydrogens is 224 g/mol. The highest BCUT2D eigenvalue weighted by Gasteiger charge is 2.32. The molecule has 0 bridgehead atoms. The third-order valence-corrected chi connectivity index (χ3v) is 2.20. The van der Waals surface area contributed by atoms with Crippen LogP contribution in [0.3, 0.4) is 0 Å². The molecular formula is C10H20N4O3. The first-order chi connectivity index (χ1) is 7.55. The molecule has 0 heterocycles. The van der Waals surface area contributed by atoms with Crippen LogP contribution < -0.4 is 17.2 Å². The molecule has 3 amide bonds. The van der Waals surface area contributed by atoms with Crippen molar-refractivity contribution < 1.29 is 14.4 Å². The lowest BCUT2D eigenvalue weighted by molar-refractivity contribution is -0.140. The quantitative estimate of drug-likeness (QED) is 0.524. The SMILES string of the molecule is CC(C)(C)C(N)C(=O)N(CC(N)=O)CC(N)=O. The first kappa shape index (κ1) is 15.4. The van der Waals surface area contributed by atoms with Gasteiger partial charge in [0.25, 0.3) is 0 Å². The van der Waals surface area contributed by atoms with E-state index in [-0.39, 0.29) is 13.1 Å². The van der Waals surface area contributed by atoms with Crippen molar-refractivity contribution in [2.24, 2.45) is 22.6 Å². The number of amides is 3.